The highest BCUT2D eigenvalue weighted by molar-refractivity contribution is 5.28. The molecule has 0 amide bonds. The van der Waals surface area contributed by atoms with Crippen LogP contribution in [-0.2, 0) is 0 Å². The van der Waals surface area contributed by atoms with E-state index < -0.39 is 0 Å². The number of nitrogens with one attached hydrogen (secondary N) is 1. The molecule has 2 nitrogen and oxygen atoms in total. The quantitative estimate of drug-likeness (QED) is 0.842. The van der Waals surface area contributed by atoms with Gasteiger partial charge >= 0.3 is 0 Å². The second-order valence-electron chi connectivity index (χ2n) is 6.68. The van der Waals surface area contributed by atoms with Gasteiger partial charge < -0.3 is 10.4 Å². The fraction of sp³-hybridized carbons (Fsp3) is 0.647. The third-order valence-corrected chi connectivity index (χ3v) is 4.35. The molecule has 0 aromatic heterocycles. The highest BCUT2D eigenvalue weighted by atomic mass is 16.3. The van der Waals surface area contributed by atoms with Crippen LogP contribution in [-0.4, -0.2) is 11.1 Å². The van der Waals surface area contributed by atoms with Gasteiger partial charge in [0.1, 0.15) is 5.75 Å². The highest BCUT2D eigenvalue weighted by Crippen LogP contribution is 2.36. The van der Waals surface area contributed by atoms with Crippen molar-refractivity contribution in [1.29, 1.82) is 0 Å². The molecule has 19 heavy (non-hydrogen) atoms. The molecule has 2 atom stereocenters. The fourth-order valence-electron chi connectivity index (χ4n) is 3.28. The molecule has 0 saturated heterocycles. The Morgan fingerprint density at radius 3 is 2.58 bits per heavy atom. The summed E-state index contributed by atoms with van der Waals surface area (Å²) >= 11 is 0. The second kappa shape index (κ2) is 5.96. The van der Waals surface area contributed by atoms with Crippen molar-refractivity contribution in [3.8, 4) is 5.75 Å². The molecule has 2 rings (SSSR count). The van der Waals surface area contributed by atoms with Crippen molar-refractivity contribution in [3.63, 3.8) is 0 Å². The van der Waals surface area contributed by atoms with Gasteiger partial charge in [-0.2, -0.15) is 0 Å². The number of hydrogen-bond donors (Lipinski definition) is 2. The van der Waals surface area contributed by atoms with Gasteiger partial charge in [0.25, 0.3) is 0 Å². The molecule has 0 spiro atoms. The summed E-state index contributed by atoms with van der Waals surface area (Å²) < 4.78 is 0. The van der Waals surface area contributed by atoms with Gasteiger partial charge in [0.05, 0.1) is 0 Å². The Morgan fingerprint density at radius 1 is 1.32 bits per heavy atom. The topological polar surface area (TPSA) is 32.3 Å². The molecule has 1 saturated carbocycles. The number of aromatic hydroxyl groups is 1. The molecule has 106 valence electrons. The smallest absolute Gasteiger partial charge is 0.115 e. The van der Waals surface area contributed by atoms with Crippen molar-refractivity contribution in [2.24, 2.45) is 5.41 Å². The second-order valence-corrected chi connectivity index (χ2v) is 6.68. The number of phenolic OH excluding ortho intramolecular Hbond substituents is 1. The SMILES string of the molecule is CCC(NC1CCCC(C)(C)C1)c1ccc(O)cc1. The lowest BCUT2D eigenvalue weighted by atomic mass is 9.75. The monoisotopic (exact) mass is 261 g/mol. The lowest BCUT2D eigenvalue weighted by molar-refractivity contribution is 0.188. The fourth-order valence-corrected chi connectivity index (χ4v) is 3.28. The van der Waals surface area contributed by atoms with Crippen molar-refractivity contribution in [2.75, 3.05) is 0 Å². The Kier molecular flexibility index (Phi) is 4.51. The zero-order valence-corrected chi connectivity index (χ0v) is 12.4. The van der Waals surface area contributed by atoms with E-state index in [1.807, 2.05) is 12.1 Å². The Bertz CT molecular complexity index is 396. The van der Waals surface area contributed by atoms with Crippen LogP contribution >= 0.6 is 0 Å². The maximum Gasteiger partial charge on any atom is 0.115 e. The first-order valence-corrected chi connectivity index (χ1v) is 7.55. The van der Waals surface area contributed by atoms with Crippen LogP contribution in [0.25, 0.3) is 0 Å². The van der Waals surface area contributed by atoms with Gasteiger partial charge in [0, 0.05) is 12.1 Å². The van der Waals surface area contributed by atoms with Gasteiger partial charge in [-0.15, -0.1) is 0 Å². The van der Waals surface area contributed by atoms with Crippen LogP contribution in [0.5, 0.6) is 5.75 Å². The van der Waals surface area contributed by atoms with Gasteiger partial charge in [-0.25, -0.2) is 0 Å². The molecule has 0 aliphatic heterocycles. The lowest BCUT2D eigenvalue weighted by Crippen LogP contribution is -2.39. The Morgan fingerprint density at radius 2 is 2.00 bits per heavy atom. The molecule has 1 aromatic carbocycles. The van der Waals surface area contributed by atoms with E-state index in [0.717, 1.165) is 6.42 Å². The first-order valence-electron chi connectivity index (χ1n) is 7.55. The van der Waals surface area contributed by atoms with E-state index in [2.05, 4.69) is 26.1 Å². The minimum atomic E-state index is 0.345. The first kappa shape index (κ1) is 14.4. The first-order chi connectivity index (χ1) is 9.00. The minimum Gasteiger partial charge on any atom is -0.508 e. The molecular weight excluding hydrogens is 234 g/mol. The molecule has 0 radical (unpaired) electrons. The van der Waals surface area contributed by atoms with E-state index in [0.29, 0.717) is 23.2 Å². The minimum absolute atomic E-state index is 0.345. The van der Waals surface area contributed by atoms with E-state index in [-0.39, 0.29) is 0 Å². The van der Waals surface area contributed by atoms with E-state index in [1.54, 1.807) is 12.1 Å². The summed E-state index contributed by atoms with van der Waals surface area (Å²) in [6.45, 7) is 6.98. The number of phenols is 1. The Balaban J connectivity index is 2.01. The average molecular weight is 261 g/mol. The summed E-state index contributed by atoms with van der Waals surface area (Å²) in [6.07, 6.45) is 6.32. The highest BCUT2D eigenvalue weighted by Gasteiger charge is 2.29. The van der Waals surface area contributed by atoms with Gasteiger partial charge in [0.2, 0.25) is 0 Å². The Hall–Kier alpha value is -1.02. The van der Waals surface area contributed by atoms with E-state index in [4.69, 9.17) is 0 Å². The van der Waals surface area contributed by atoms with Crippen LogP contribution in [0.2, 0.25) is 0 Å². The van der Waals surface area contributed by atoms with Crippen LogP contribution in [0.4, 0.5) is 0 Å². The average Bonchev–Trinajstić information content (AvgIpc) is 2.36. The zero-order chi connectivity index (χ0) is 13.9. The molecule has 1 fully saturated rings. The van der Waals surface area contributed by atoms with Crippen molar-refractivity contribution in [1.82, 2.24) is 5.32 Å². The molecule has 2 unspecified atom stereocenters. The van der Waals surface area contributed by atoms with Crippen molar-refractivity contribution in [2.45, 2.75) is 65.0 Å². The van der Waals surface area contributed by atoms with Crippen LogP contribution in [0, 0.1) is 5.41 Å². The van der Waals surface area contributed by atoms with Crippen LogP contribution in [0.3, 0.4) is 0 Å². The maximum absolute atomic E-state index is 9.38. The van der Waals surface area contributed by atoms with Crippen molar-refractivity contribution in [3.05, 3.63) is 29.8 Å². The van der Waals surface area contributed by atoms with Gasteiger partial charge in [-0.1, -0.05) is 39.3 Å². The predicted molar refractivity (Wildman–Crippen MR) is 80.3 cm³/mol. The molecular formula is C17H27NO. The van der Waals surface area contributed by atoms with Gasteiger partial charge in [-0.3, -0.25) is 0 Å². The molecule has 2 N–H and O–H groups in total. The largest absolute Gasteiger partial charge is 0.508 e. The third-order valence-electron chi connectivity index (χ3n) is 4.35. The van der Waals surface area contributed by atoms with Crippen LogP contribution in [0.1, 0.15) is 64.5 Å². The summed E-state index contributed by atoms with van der Waals surface area (Å²) in [5.41, 5.74) is 1.76. The van der Waals surface area contributed by atoms with Crippen LogP contribution < -0.4 is 5.32 Å². The van der Waals surface area contributed by atoms with Gasteiger partial charge in [0.15, 0.2) is 0 Å². The standard InChI is InChI=1S/C17H27NO/c1-4-16(13-7-9-15(19)10-8-13)18-14-6-5-11-17(2,3)12-14/h7-10,14,16,18-19H,4-6,11-12H2,1-3H3. The summed E-state index contributed by atoms with van der Waals surface area (Å²) in [7, 11) is 0. The number of rotatable bonds is 4. The Labute approximate surface area is 117 Å². The van der Waals surface area contributed by atoms with E-state index >= 15 is 0 Å². The molecule has 2 heteroatoms. The number of hydrogen-bond acceptors (Lipinski definition) is 2. The van der Waals surface area contributed by atoms with Crippen LogP contribution in [0.15, 0.2) is 24.3 Å². The molecule has 0 heterocycles. The normalized spacial score (nSPS) is 24.1. The summed E-state index contributed by atoms with van der Waals surface area (Å²) in [6, 6.07) is 8.66. The lowest BCUT2D eigenvalue weighted by Gasteiger charge is -2.37. The van der Waals surface area contributed by atoms with E-state index in [1.165, 1.54) is 31.2 Å². The van der Waals surface area contributed by atoms with Crippen molar-refractivity contribution < 1.29 is 5.11 Å². The molecule has 1 aliphatic rings. The molecule has 1 aliphatic carbocycles. The molecule has 1 aromatic rings. The summed E-state index contributed by atoms with van der Waals surface area (Å²) in [4.78, 5) is 0. The van der Waals surface area contributed by atoms with Crippen molar-refractivity contribution >= 4 is 0 Å². The number of benzene rings is 1. The molecule has 0 bridgehead atoms. The zero-order valence-electron chi connectivity index (χ0n) is 12.4. The summed E-state index contributed by atoms with van der Waals surface area (Å²) in [5, 5.41) is 13.2. The predicted octanol–water partition coefficient (Wildman–Crippen LogP) is 4.40. The summed E-state index contributed by atoms with van der Waals surface area (Å²) in [5.74, 6) is 0.345. The maximum atomic E-state index is 9.38. The third kappa shape index (κ3) is 3.97. The van der Waals surface area contributed by atoms with Gasteiger partial charge in [-0.05, 0) is 48.8 Å². The van der Waals surface area contributed by atoms with E-state index in [9.17, 15) is 5.11 Å².